The maximum absolute atomic E-state index is 4.20. The van der Waals surface area contributed by atoms with E-state index in [1.54, 1.807) is 0 Å². The van der Waals surface area contributed by atoms with Crippen LogP contribution in [-0.4, -0.2) is 31.9 Å². The molecule has 0 aliphatic heterocycles. The molecule has 1 N–H and O–H groups in total. The van der Waals surface area contributed by atoms with Crippen LogP contribution < -0.4 is 0 Å². The highest BCUT2D eigenvalue weighted by Crippen LogP contribution is 2.19. The molecule has 5 nitrogen and oxygen atoms in total. The monoisotopic (exact) mass is 281 g/mol. The van der Waals surface area contributed by atoms with E-state index in [-0.39, 0.29) is 0 Å². The third-order valence-corrected chi connectivity index (χ3v) is 3.42. The molecule has 0 atom stereocenters. The molecule has 5 heteroatoms. The smallest absolute Gasteiger partial charge is 0.0565 e. The first-order valence-electron chi connectivity index (χ1n) is 6.95. The van der Waals surface area contributed by atoms with Crippen LogP contribution in [0.1, 0.15) is 11.1 Å². The molecule has 0 aliphatic carbocycles. The van der Waals surface area contributed by atoms with Crippen molar-refractivity contribution in [3.8, 4) is 11.1 Å². The lowest BCUT2D eigenvalue weighted by atomic mass is 10.1. The van der Waals surface area contributed by atoms with Crippen molar-refractivity contribution in [3.05, 3.63) is 60.2 Å². The van der Waals surface area contributed by atoms with Gasteiger partial charge in [-0.05, 0) is 24.2 Å². The summed E-state index contributed by atoms with van der Waals surface area (Å²) >= 11 is 0. The Morgan fingerprint density at radius 3 is 2.71 bits per heavy atom. The Bertz CT molecular complexity index is 699. The fourth-order valence-electron chi connectivity index (χ4n) is 2.49. The van der Waals surface area contributed by atoms with Crippen molar-refractivity contribution in [3.63, 3.8) is 0 Å². The number of rotatable bonds is 5. The van der Waals surface area contributed by atoms with E-state index in [0.717, 1.165) is 18.7 Å². The molecule has 0 fully saturated rings. The van der Waals surface area contributed by atoms with Crippen LogP contribution in [0.5, 0.6) is 0 Å². The molecule has 3 aromatic rings. The van der Waals surface area contributed by atoms with Crippen LogP contribution in [0.2, 0.25) is 0 Å². The van der Waals surface area contributed by atoms with Crippen LogP contribution in [0, 0.1) is 0 Å². The second-order valence-electron chi connectivity index (χ2n) is 5.38. The summed E-state index contributed by atoms with van der Waals surface area (Å²) in [5, 5.41) is 11.1. The van der Waals surface area contributed by atoms with Gasteiger partial charge in [-0.3, -0.25) is 14.7 Å². The van der Waals surface area contributed by atoms with Crippen molar-refractivity contribution in [2.75, 3.05) is 7.05 Å². The predicted octanol–water partition coefficient (Wildman–Crippen LogP) is 2.44. The third-order valence-electron chi connectivity index (χ3n) is 3.42. The molecular formula is C16H19N5. The summed E-state index contributed by atoms with van der Waals surface area (Å²) in [4.78, 5) is 2.28. The van der Waals surface area contributed by atoms with E-state index < -0.39 is 0 Å². The first kappa shape index (κ1) is 13.6. The maximum Gasteiger partial charge on any atom is 0.0565 e. The average molecular weight is 281 g/mol. The zero-order valence-electron chi connectivity index (χ0n) is 12.3. The summed E-state index contributed by atoms with van der Waals surface area (Å²) in [6.07, 6.45) is 7.73. The number of H-pyrrole nitrogens is 1. The molecule has 21 heavy (non-hydrogen) atoms. The zero-order chi connectivity index (χ0) is 14.7. The van der Waals surface area contributed by atoms with Crippen molar-refractivity contribution in [2.45, 2.75) is 13.1 Å². The van der Waals surface area contributed by atoms with Crippen LogP contribution in [0.15, 0.2) is 49.1 Å². The van der Waals surface area contributed by atoms with E-state index in [2.05, 4.69) is 57.7 Å². The number of aromatic nitrogens is 4. The van der Waals surface area contributed by atoms with E-state index in [4.69, 9.17) is 0 Å². The Hall–Kier alpha value is -2.40. The fourth-order valence-corrected chi connectivity index (χ4v) is 2.49. The number of hydrogen-bond acceptors (Lipinski definition) is 3. The van der Waals surface area contributed by atoms with Crippen LogP contribution in [-0.2, 0) is 20.1 Å². The summed E-state index contributed by atoms with van der Waals surface area (Å²) in [6, 6.07) is 8.57. The van der Waals surface area contributed by atoms with Gasteiger partial charge in [0.25, 0.3) is 0 Å². The van der Waals surface area contributed by atoms with E-state index in [1.165, 1.54) is 16.7 Å². The largest absolute Gasteiger partial charge is 0.298 e. The lowest BCUT2D eigenvalue weighted by molar-refractivity contribution is 0.319. The molecule has 0 amide bonds. The molecule has 0 saturated heterocycles. The van der Waals surface area contributed by atoms with Crippen molar-refractivity contribution >= 4 is 0 Å². The van der Waals surface area contributed by atoms with E-state index in [0.29, 0.717) is 0 Å². The number of hydrogen-bond donors (Lipinski definition) is 1. The molecule has 0 unspecified atom stereocenters. The zero-order valence-corrected chi connectivity index (χ0v) is 12.3. The van der Waals surface area contributed by atoms with Crippen molar-refractivity contribution in [2.24, 2.45) is 7.05 Å². The second kappa shape index (κ2) is 5.93. The third kappa shape index (κ3) is 3.38. The van der Waals surface area contributed by atoms with Gasteiger partial charge in [-0.1, -0.05) is 18.2 Å². The molecule has 2 heterocycles. The van der Waals surface area contributed by atoms with Gasteiger partial charge in [-0.2, -0.15) is 10.2 Å². The Kier molecular flexibility index (Phi) is 3.83. The molecule has 108 valence electrons. The Morgan fingerprint density at radius 2 is 2.00 bits per heavy atom. The summed E-state index contributed by atoms with van der Waals surface area (Å²) in [6.45, 7) is 1.80. The van der Waals surface area contributed by atoms with Crippen LogP contribution in [0.4, 0.5) is 0 Å². The molecule has 0 aliphatic rings. The van der Waals surface area contributed by atoms with E-state index in [1.807, 2.05) is 30.3 Å². The number of benzene rings is 1. The standard InChI is InChI=1S/C16H19N5/c1-20(11-14-7-19-21(2)12-14)10-13-4-3-5-15(6-13)16-8-17-18-9-16/h3-9,12H,10-11H2,1-2H3,(H,17,18). The SMILES string of the molecule is CN(Cc1cccc(-c2cn[nH]c2)c1)Cc1cnn(C)c1. The van der Waals surface area contributed by atoms with E-state index >= 15 is 0 Å². The van der Waals surface area contributed by atoms with Crippen molar-refractivity contribution in [1.82, 2.24) is 24.9 Å². The average Bonchev–Trinajstić information content (AvgIpc) is 3.11. The molecule has 0 bridgehead atoms. The molecule has 0 spiro atoms. The number of nitrogens with zero attached hydrogens (tertiary/aromatic N) is 4. The van der Waals surface area contributed by atoms with Gasteiger partial charge in [0.15, 0.2) is 0 Å². The number of nitrogens with one attached hydrogen (secondary N) is 1. The minimum atomic E-state index is 0.893. The van der Waals surface area contributed by atoms with Crippen LogP contribution >= 0.6 is 0 Å². The Balaban J connectivity index is 1.68. The normalized spacial score (nSPS) is 11.2. The van der Waals surface area contributed by atoms with E-state index in [9.17, 15) is 0 Å². The minimum Gasteiger partial charge on any atom is -0.298 e. The molecule has 0 radical (unpaired) electrons. The Morgan fingerprint density at radius 1 is 1.14 bits per heavy atom. The molecule has 1 aromatic carbocycles. The second-order valence-corrected chi connectivity index (χ2v) is 5.38. The highest BCUT2D eigenvalue weighted by atomic mass is 15.2. The lowest BCUT2D eigenvalue weighted by Gasteiger charge is -2.16. The minimum absolute atomic E-state index is 0.893. The first-order valence-corrected chi connectivity index (χ1v) is 6.95. The Labute approximate surface area is 124 Å². The van der Waals surface area contributed by atoms with Gasteiger partial charge in [0.05, 0.1) is 12.4 Å². The van der Waals surface area contributed by atoms with Crippen molar-refractivity contribution < 1.29 is 0 Å². The van der Waals surface area contributed by atoms with Crippen LogP contribution in [0.3, 0.4) is 0 Å². The molecule has 0 saturated carbocycles. The van der Waals surface area contributed by atoms with Gasteiger partial charge >= 0.3 is 0 Å². The van der Waals surface area contributed by atoms with Gasteiger partial charge < -0.3 is 0 Å². The lowest BCUT2D eigenvalue weighted by Crippen LogP contribution is -2.16. The number of aromatic amines is 1. The molecule has 3 rings (SSSR count). The molecular weight excluding hydrogens is 262 g/mol. The molecule has 2 aromatic heterocycles. The van der Waals surface area contributed by atoms with Crippen LogP contribution in [0.25, 0.3) is 11.1 Å². The first-order chi connectivity index (χ1) is 10.2. The topological polar surface area (TPSA) is 49.7 Å². The van der Waals surface area contributed by atoms with Gasteiger partial charge in [0.2, 0.25) is 0 Å². The van der Waals surface area contributed by atoms with Crippen molar-refractivity contribution in [1.29, 1.82) is 0 Å². The summed E-state index contributed by atoms with van der Waals surface area (Å²) in [5.41, 5.74) is 4.83. The number of aryl methyl sites for hydroxylation is 1. The van der Waals surface area contributed by atoms with Gasteiger partial charge in [0.1, 0.15) is 0 Å². The van der Waals surface area contributed by atoms with Gasteiger partial charge in [0, 0.05) is 43.7 Å². The maximum atomic E-state index is 4.20. The fraction of sp³-hybridized carbons (Fsp3) is 0.250. The highest BCUT2D eigenvalue weighted by molar-refractivity contribution is 5.62. The summed E-state index contributed by atoms with van der Waals surface area (Å²) in [5.74, 6) is 0. The predicted molar refractivity (Wildman–Crippen MR) is 82.4 cm³/mol. The summed E-state index contributed by atoms with van der Waals surface area (Å²) < 4.78 is 1.84. The van der Waals surface area contributed by atoms with Gasteiger partial charge in [-0.25, -0.2) is 0 Å². The quantitative estimate of drug-likeness (QED) is 0.781. The highest BCUT2D eigenvalue weighted by Gasteiger charge is 2.05. The summed E-state index contributed by atoms with van der Waals surface area (Å²) in [7, 11) is 4.06. The van der Waals surface area contributed by atoms with Gasteiger partial charge in [-0.15, -0.1) is 0 Å².